The summed E-state index contributed by atoms with van der Waals surface area (Å²) in [5, 5.41) is 0. The van der Waals surface area contributed by atoms with E-state index in [1.165, 1.54) is 0 Å². The molecule has 0 aromatic rings. The van der Waals surface area contributed by atoms with E-state index < -0.39 is 10.4 Å². The summed E-state index contributed by atoms with van der Waals surface area (Å²) in [6.45, 7) is 5.95. The SMILES string of the molecule is CCN(CC)C(=S)[S-].O=S(=O)([O-])[O-].[Mn+3]. The van der Waals surface area contributed by atoms with E-state index in [0.717, 1.165) is 13.1 Å². The molecule has 0 aliphatic rings. The maximum atomic E-state index is 8.52. The van der Waals surface area contributed by atoms with Crippen LogP contribution in [0.5, 0.6) is 0 Å². The van der Waals surface area contributed by atoms with E-state index in [0.29, 0.717) is 4.32 Å². The summed E-state index contributed by atoms with van der Waals surface area (Å²) in [5.74, 6) is 0. The van der Waals surface area contributed by atoms with Gasteiger partial charge in [0.15, 0.2) is 0 Å². The Morgan fingerprint density at radius 2 is 1.57 bits per heavy atom. The van der Waals surface area contributed by atoms with Crippen LogP contribution in [0.25, 0.3) is 0 Å². The molecule has 0 spiro atoms. The molecule has 0 rings (SSSR count). The van der Waals surface area contributed by atoms with Crippen LogP contribution in [-0.4, -0.2) is 39.8 Å². The van der Waals surface area contributed by atoms with Crippen molar-refractivity contribution in [3.8, 4) is 0 Å². The van der Waals surface area contributed by atoms with Crippen molar-refractivity contribution in [1.82, 2.24) is 4.90 Å². The molecule has 0 fully saturated rings. The Hall–Kier alpha value is 0.499. The largest absolute Gasteiger partial charge is 3.00 e. The molecule has 9 heteroatoms. The molecule has 0 radical (unpaired) electrons. The standard InChI is InChI=1S/C5H11NS2.Mn.H2O4S/c1-3-6(4-2)5(7)8;;1-5(2,3)4/h3-4H2,1-2H3,(H,7,8);;(H2,1,2,3,4)/q;+3;/p-3. The Balaban J connectivity index is -0.000000177. The molecule has 0 aliphatic heterocycles. The number of thiocarbonyl (C=S) groups is 1. The van der Waals surface area contributed by atoms with Gasteiger partial charge in [0.2, 0.25) is 0 Å². The fourth-order valence-corrected chi connectivity index (χ4v) is 0.998. The van der Waals surface area contributed by atoms with Crippen molar-refractivity contribution < 1.29 is 34.6 Å². The molecular weight excluding hydrogens is 289 g/mol. The van der Waals surface area contributed by atoms with E-state index in [4.69, 9.17) is 42.4 Å². The summed E-state index contributed by atoms with van der Waals surface area (Å²) in [6, 6.07) is 0. The molecule has 0 saturated heterocycles. The summed E-state index contributed by atoms with van der Waals surface area (Å²) in [5.41, 5.74) is 0. The molecule has 84 valence electrons. The second kappa shape index (κ2) is 10.0. The average Bonchev–Trinajstić information content (AvgIpc) is 1.85. The van der Waals surface area contributed by atoms with Crippen molar-refractivity contribution in [2.45, 2.75) is 13.8 Å². The molecule has 0 amide bonds. The first kappa shape index (κ1) is 20.0. The number of nitrogens with zero attached hydrogens (tertiary/aromatic N) is 1. The molecular formula is C5H10MnNO4S3. The summed E-state index contributed by atoms with van der Waals surface area (Å²) in [6.07, 6.45) is 0. The molecule has 0 atom stereocenters. The van der Waals surface area contributed by atoms with E-state index in [9.17, 15) is 0 Å². The first-order valence-corrected chi connectivity index (χ1v) is 5.50. The maximum Gasteiger partial charge on any atom is 3.00 e. The van der Waals surface area contributed by atoms with Crippen LogP contribution in [0, 0.1) is 0 Å². The van der Waals surface area contributed by atoms with Gasteiger partial charge in [0.05, 0.1) is 0 Å². The van der Waals surface area contributed by atoms with E-state index >= 15 is 0 Å². The van der Waals surface area contributed by atoms with Gasteiger partial charge in [0.25, 0.3) is 0 Å². The van der Waals surface area contributed by atoms with Gasteiger partial charge in [-0.3, -0.25) is 8.42 Å². The summed E-state index contributed by atoms with van der Waals surface area (Å²) in [4.78, 5) is 1.96. The zero-order valence-electron chi connectivity index (χ0n) is 7.60. The Bertz CT molecular complexity index is 231. The number of hydrogen-bond donors (Lipinski definition) is 0. The van der Waals surface area contributed by atoms with Crippen molar-refractivity contribution >= 4 is 39.6 Å². The predicted molar refractivity (Wildman–Crippen MR) is 53.4 cm³/mol. The molecule has 0 heterocycles. The van der Waals surface area contributed by atoms with Gasteiger partial charge in [0.1, 0.15) is 0 Å². The predicted octanol–water partition coefficient (Wildman–Crippen LogP) is -0.180. The van der Waals surface area contributed by atoms with Crippen LogP contribution in [0.1, 0.15) is 13.8 Å². The molecule has 14 heavy (non-hydrogen) atoms. The normalized spacial score (nSPS) is 9.14. The van der Waals surface area contributed by atoms with Gasteiger partial charge in [-0.2, -0.15) is 0 Å². The molecule has 5 nitrogen and oxygen atoms in total. The minimum absolute atomic E-state index is 0. The molecule has 0 unspecified atom stereocenters. The van der Waals surface area contributed by atoms with Gasteiger partial charge in [-0.15, -0.1) is 0 Å². The van der Waals surface area contributed by atoms with Crippen molar-refractivity contribution in [2.24, 2.45) is 0 Å². The monoisotopic (exact) mass is 299 g/mol. The smallest absolute Gasteiger partial charge is 0.759 e. The zero-order chi connectivity index (χ0) is 11.1. The number of hydrogen-bond acceptors (Lipinski definition) is 6. The van der Waals surface area contributed by atoms with Crippen LogP contribution in [0.2, 0.25) is 0 Å². The van der Waals surface area contributed by atoms with E-state index in [-0.39, 0.29) is 17.1 Å². The van der Waals surface area contributed by atoms with Crippen LogP contribution in [-0.2, 0) is 40.1 Å². The molecule has 0 aromatic heterocycles. The van der Waals surface area contributed by atoms with Crippen LogP contribution < -0.4 is 0 Å². The average molecular weight is 299 g/mol. The van der Waals surface area contributed by atoms with Crippen LogP contribution >= 0.6 is 12.2 Å². The summed E-state index contributed by atoms with van der Waals surface area (Å²) in [7, 11) is -5.17. The van der Waals surface area contributed by atoms with Gasteiger partial charge >= 0.3 is 17.1 Å². The van der Waals surface area contributed by atoms with Gasteiger partial charge < -0.3 is 38.9 Å². The Labute approximate surface area is 106 Å². The first-order chi connectivity index (χ1) is 5.72. The molecule has 0 aliphatic carbocycles. The third-order valence-electron chi connectivity index (χ3n) is 1.02. The zero-order valence-corrected chi connectivity index (χ0v) is 11.2. The van der Waals surface area contributed by atoms with E-state index in [2.05, 4.69) is 0 Å². The van der Waals surface area contributed by atoms with Crippen LogP contribution in [0.15, 0.2) is 0 Å². The third-order valence-corrected chi connectivity index (χ3v) is 1.54. The van der Waals surface area contributed by atoms with E-state index in [1.54, 1.807) is 0 Å². The Kier molecular flexibility index (Phi) is 14.3. The summed E-state index contributed by atoms with van der Waals surface area (Å²) < 4.78 is 34.7. The minimum atomic E-state index is -5.17. The topological polar surface area (TPSA) is 83.5 Å². The molecule has 0 bridgehead atoms. The quantitative estimate of drug-likeness (QED) is 0.230. The molecule has 0 aromatic carbocycles. The van der Waals surface area contributed by atoms with E-state index in [1.807, 2.05) is 18.7 Å². The fourth-order valence-electron chi connectivity index (χ4n) is 0.482. The molecule has 0 N–H and O–H groups in total. The van der Waals surface area contributed by atoms with Crippen LogP contribution in [0.3, 0.4) is 0 Å². The summed E-state index contributed by atoms with van der Waals surface area (Å²) >= 11 is 9.51. The minimum Gasteiger partial charge on any atom is -0.759 e. The second-order valence-electron chi connectivity index (χ2n) is 1.85. The fraction of sp³-hybridized carbons (Fsp3) is 0.800. The Morgan fingerprint density at radius 3 is 1.57 bits per heavy atom. The van der Waals surface area contributed by atoms with Gasteiger partial charge in [-0.25, -0.2) is 0 Å². The maximum absolute atomic E-state index is 8.52. The van der Waals surface area contributed by atoms with Gasteiger partial charge in [0, 0.05) is 23.5 Å². The van der Waals surface area contributed by atoms with Crippen molar-refractivity contribution in [3.63, 3.8) is 0 Å². The molecule has 0 saturated carbocycles. The number of rotatable bonds is 2. The van der Waals surface area contributed by atoms with Gasteiger partial charge in [-0.1, -0.05) is 4.32 Å². The first-order valence-electron chi connectivity index (χ1n) is 3.35. The van der Waals surface area contributed by atoms with Crippen molar-refractivity contribution in [1.29, 1.82) is 0 Å². The Morgan fingerprint density at radius 1 is 1.36 bits per heavy atom. The second-order valence-corrected chi connectivity index (χ2v) is 3.69. The van der Waals surface area contributed by atoms with Crippen LogP contribution in [0.4, 0.5) is 0 Å². The van der Waals surface area contributed by atoms with Crippen molar-refractivity contribution in [3.05, 3.63) is 0 Å². The van der Waals surface area contributed by atoms with Crippen molar-refractivity contribution in [2.75, 3.05) is 13.1 Å². The van der Waals surface area contributed by atoms with Gasteiger partial charge in [-0.05, 0) is 13.8 Å². The third kappa shape index (κ3) is 22.9.